The second-order valence-electron chi connectivity index (χ2n) is 4.08. The largest absolute Gasteiger partial charge is 0.396 e. The van der Waals surface area contributed by atoms with Crippen molar-refractivity contribution in [1.29, 1.82) is 0 Å². The number of hydrogen-bond acceptors (Lipinski definition) is 1. The maximum Gasteiger partial charge on any atom is 0.0431 e. The van der Waals surface area contributed by atoms with Crippen molar-refractivity contribution < 1.29 is 5.11 Å². The molecule has 1 nitrogen and oxygen atoms in total. The summed E-state index contributed by atoms with van der Waals surface area (Å²) in [5, 5.41) is 8.61. The minimum Gasteiger partial charge on any atom is -0.396 e. The lowest BCUT2D eigenvalue weighted by Crippen LogP contribution is -1.84. The van der Waals surface area contributed by atoms with E-state index >= 15 is 0 Å². The highest BCUT2D eigenvalue weighted by atomic mass is 16.2. The first kappa shape index (κ1) is 13.7. The van der Waals surface area contributed by atoms with Crippen LogP contribution < -0.4 is 0 Å². The molecule has 0 aromatic carbocycles. The molecule has 0 rings (SSSR count). The Morgan fingerprint density at radius 1 is 1.07 bits per heavy atom. The molecular weight excluding hydrogens is 172 g/mol. The van der Waals surface area contributed by atoms with E-state index in [-0.39, 0.29) is 0 Å². The van der Waals surface area contributed by atoms with Crippen LogP contribution in [0.5, 0.6) is 0 Å². The standard InChI is InChI=1S/C13H26O/c1-3-4-7-10-13(2)11-8-5-6-9-12-14/h10,14H,3-9,11-12H2,1-2H3. The summed E-state index contributed by atoms with van der Waals surface area (Å²) in [5.74, 6) is 0. The predicted molar refractivity (Wildman–Crippen MR) is 63.5 cm³/mol. The van der Waals surface area contributed by atoms with E-state index < -0.39 is 0 Å². The third kappa shape index (κ3) is 9.79. The molecule has 0 aromatic rings. The van der Waals surface area contributed by atoms with E-state index in [0.717, 1.165) is 6.42 Å². The predicted octanol–water partition coefficient (Wildman–Crippen LogP) is 4.07. The Bertz CT molecular complexity index is 138. The molecule has 0 unspecified atom stereocenters. The summed E-state index contributed by atoms with van der Waals surface area (Å²) in [4.78, 5) is 0. The van der Waals surface area contributed by atoms with E-state index in [1.807, 2.05) is 0 Å². The van der Waals surface area contributed by atoms with E-state index in [0.29, 0.717) is 6.61 Å². The van der Waals surface area contributed by atoms with Crippen LogP contribution in [0.15, 0.2) is 11.6 Å². The Labute approximate surface area is 89.2 Å². The Kier molecular flexibility index (Phi) is 10.5. The lowest BCUT2D eigenvalue weighted by atomic mass is 10.1. The van der Waals surface area contributed by atoms with Crippen molar-refractivity contribution in [3.05, 3.63) is 11.6 Å². The lowest BCUT2D eigenvalue weighted by molar-refractivity contribution is 0.282. The van der Waals surface area contributed by atoms with Crippen molar-refractivity contribution in [3.63, 3.8) is 0 Å². The number of aliphatic hydroxyl groups is 1. The van der Waals surface area contributed by atoms with E-state index in [9.17, 15) is 0 Å². The van der Waals surface area contributed by atoms with E-state index in [4.69, 9.17) is 5.11 Å². The molecule has 1 N–H and O–H groups in total. The van der Waals surface area contributed by atoms with Crippen LogP contribution in [-0.2, 0) is 0 Å². The summed E-state index contributed by atoms with van der Waals surface area (Å²) in [5.41, 5.74) is 1.54. The normalized spacial score (nSPS) is 12.1. The molecule has 0 aliphatic rings. The molecular formula is C13H26O. The first-order chi connectivity index (χ1) is 6.81. The van der Waals surface area contributed by atoms with Crippen molar-refractivity contribution in [3.8, 4) is 0 Å². The number of unbranched alkanes of at least 4 members (excludes halogenated alkanes) is 5. The monoisotopic (exact) mass is 198 g/mol. The van der Waals surface area contributed by atoms with Gasteiger partial charge in [0.2, 0.25) is 0 Å². The molecule has 0 amide bonds. The van der Waals surface area contributed by atoms with Gasteiger partial charge >= 0.3 is 0 Å². The van der Waals surface area contributed by atoms with Gasteiger partial charge in [0.05, 0.1) is 0 Å². The Morgan fingerprint density at radius 2 is 1.79 bits per heavy atom. The van der Waals surface area contributed by atoms with Gasteiger partial charge in [-0.1, -0.05) is 44.3 Å². The molecule has 14 heavy (non-hydrogen) atoms. The van der Waals surface area contributed by atoms with Gasteiger partial charge in [-0.05, 0) is 32.6 Å². The quantitative estimate of drug-likeness (QED) is 0.437. The van der Waals surface area contributed by atoms with Gasteiger partial charge in [0.15, 0.2) is 0 Å². The SMILES string of the molecule is CCCCC=C(C)CCCCCCO. The van der Waals surface area contributed by atoms with Crippen molar-refractivity contribution in [2.75, 3.05) is 6.61 Å². The molecule has 0 fully saturated rings. The number of hydrogen-bond donors (Lipinski definition) is 1. The first-order valence-corrected chi connectivity index (χ1v) is 6.07. The smallest absolute Gasteiger partial charge is 0.0431 e. The van der Waals surface area contributed by atoms with E-state index in [1.54, 1.807) is 5.57 Å². The third-order valence-corrected chi connectivity index (χ3v) is 2.53. The van der Waals surface area contributed by atoms with Crippen LogP contribution in [0.3, 0.4) is 0 Å². The molecule has 0 saturated heterocycles. The van der Waals surface area contributed by atoms with Crippen LogP contribution in [0, 0.1) is 0 Å². The van der Waals surface area contributed by atoms with Gasteiger partial charge in [-0.2, -0.15) is 0 Å². The highest BCUT2D eigenvalue weighted by molar-refractivity contribution is 4.97. The third-order valence-electron chi connectivity index (χ3n) is 2.53. The van der Waals surface area contributed by atoms with Crippen LogP contribution in [0.1, 0.15) is 65.2 Å². The van der Waals surface area contributed by atoms with Crippen LogP contribution in [0.2, 0.25) is 0 Å². The highest BCUT2D eigenvalue weighted by Crippen LogP contribution is 2.11. The zero-order valence-electron chi connectivity index (χ0n) is 9.89. The maximum atomic E-state index is 8.61. The fraction of sp³-hybridized carbons (Fsp3) is 0.846. The molecule has 0 spiro atoms. The molecule has 0 atom stereocenters. The van der Waals surface area contributed by atoms with Gasteiger partial charge in [-0.25, -0.2) is 0 Å². The molecule has 84 valence electrons. The van der Waals surface area contributed by atoms with Gasteiger partial charge in [0.25, 0.3) is 0 Å². The van der Waals surface area contributed by atoms with Gasteiger partial charge in [-0.15, -0.1) is 0 Å². The topological polar surface area (TPSA) is 20.2 Å². The minimum absolute atomic E-state index is 0.353. The van der Waals surface area contributed by atoms with Crippen molar-refractivity contribution in [2.45, 2.75) is 65.2 Å². The minimum atomic E-state index is 0.353. The Balaban J connectivity index is 3.25. The van der Waals surface area contributed by atoms with Crippen LogP contribution in [-0.4, -0.2) is 11.7 Å². The average molecular weight is 198 g/mol. The maximum absolute atomic E-state index is 8.61. The molecule has 0 aromatic heterocycles. The summed E-state index contributed by atoms with van der Waals surface area (Å²) < 4.78 is 0. The number of rotatable bonds is 9. The molecule has 0 heterocycles. The van der Waals surface area contributed by atoms with E-state index in [1.165, 1.54) is 44.9 Å². The molecule has 0 aliphatic carbocycles. The summed E-state index contributed by atoms with van der Waals surface area (Å²) in [6.07, 6.45) is 12.2. The summed E-state index contributed by atoms with van der Waals surface area (Å²) in [6.45, 7) is 4.82. The molecule has 0 bridgehead atoms. The van der Waals surface area contributed by atoms with Crippen LogP contribution in [0.4, 0.5) is 0 Å². The molecule has 1 heteroatoms. The van der Waals surface area contributed by atoms with Gasteiger partial charge in [0.1, 0.15) is 0 Å². The van der Waals surface area contributed by atoms with Crippen LogP contribution >= 0.6 is 0 Å². The summed E-state index contributed by atoms with van der Waals surface area (Å²) >= 11 is 0. The van der Waals surface area contributed by atoms with Crippen molar-refractivity contribution in [1.82, 2.24) is 0 Å². The van der Waals surface area contributed by atoms with Gasteiger partial charge in [-0.3, -0.25) is 0 Å². The zero-order valence-corrected chi connectivity index (χ0v) is 9.89. The lowest BCUT2D eigenvalue weighted by Gasteiger charge is -2.01. The van der Waals surface area contributed by atoms with Crippen molar-refractivity contribution >= 4 is 0 Å². The van der Waals surface area contributed by atoms with Gasteiger partial charge in [0, 0.05) is 6.61 Å². The number of allylic oxidation sites excluding steroid dienone is 2. The zero-order chi connectivity index (χ0) is 10.6. The second kappa shape index (κ2) is 10.8. The second-order valence-corrected chi connectivity index (χ2v) is 4.08. The summed E-state index contributed by atoms with van der Waals surface area (Å²) in [7, 11) is 0. The first-order valence-electron chi connectivity index (χ1n) is 6.07. The van der Waals surface area contributed by atoms with E-state index in [2.05, 4.69) is 19.9 Å². The summed E-state index contributed by atoms with van der Waals surface area (Å²) in [6, 6.07) is 0. The molecule has 0 saturated carbocycles. The average Bonchev–Trinajstić information content (AvgIpc) is 2.18. The number of aliphatic hydroxyl groups excluding tert-OH is 1. The van der Waals surface area contributed by atoms with Crippen molar-refractivity contribution in [2.24, 2.45) is 0 Å². The molecule has 0 aliphatic heterocycles. The Hall–Kier alpha value is -0.300. The van der Waals surface area contributed by atoms with Gasteiger partial charge < -0.3 is 5.11 Å². The Morgan fingerprint density at radius 3 is 2.43 bits per heavy atom. The van der Waals surface area contributed by atoms with Crippen LogP contribution in [0.25, 0.3) is 0 Å². The highest BCUT2D eigenvalue weighted by Gasteiger charge is 1.91. The fourth-order valence-corrected chi connectivity index (χ4v) is 1.52. The fourth-order valence-electron chi connectivity index (χ4n) is 1.52. The molecule has 0 radical (unpaired) electrons.